The van der Waals surface area contributed by atoms with Gasteiger partial charge in [0.2, 0.25) is 0 Å². The summed E-state index contributed by atoms with van der Waals surface area (Å²) >= 11 is 5.38. The molecule has 3 heteroatoms. The van der Waals surface area contributed by atoms with Gasteiger partial charge in [-0.2, -0.15) is 0 Å². The maximum absolute atomic E-state index is 5.38. The summed E-state index contributed by atoms with van der Waals surface area (Å²) in [6, 6.07) is 8.95. The molecule has 1 aliphatic carbocycles. The average molecular weight is 284 g/mol. The van der Waals surface area contributed by atoms with Crippen molar-refractivity contribution in [3.63, 3.8) is 0 Å². The number of nitrogens with zero attached hydrogens (tertiary/aromatic N) is 1. The lowest BCUT2D eigenvalue weighted by Gasteiger charge is -2.26. The van der Waals surface area contributed by atoms with Crippen LogP contribution >= 0.6 is 12.2 Å². The van der Waals surface area contributed by atoms with Crippen LogP contribution < -0.4 is 0 Å². The van der Waals surface area contributed by atoms with Gasteiger partial charge in [0, 0.05) is 5.56 Å². The second kappa shape index (κ2) is 5.49. The molecule has 1 saturated carbocycles. The Hall–Kier alpha value is -1.48. The molecule has 1 aromatic carbocycles. The van der Waals surface area contributed by atoms with Gasteiger partial charge in [0.25, 0.3) is 0 Å². The van der Waals surface area contributed by atoms with Crippen molar-refractivity contribution in [1.29, 1.82) is 0 Å². The lowest BCUT2D eigenvalue weighted by atomic mass is 9.80. The van der Waals surface area contributed by atoms with Crippen LogP contribution in [-0.4, -0.2) is 9.97 Å². The zero-order valence-electron chi connectivity index (χ0n) is 12.0. The Morgan fingerprint density at radius 1 is 1.20 bits per heavy atom. The molecule has 1 aromatic heterocycles. The minimum Gasteiger partial charge on any atom is -0.346 e. The van der Waals surface area contributed by atoms with E-state index in [-0.39, 0.29) is 0 Å². The fourth-order valence-electron chi connectivity index (χ4n) is 2.85. The zero-order chi connectivity index (χ0) is 14.1. The lowest BCUT2D eigenvalue weighted by Crippen LogP contribution is -2.08. The topological polar surface area (TPSA) is 28.7 Å². The molecule has 1 N–H and O–H groups in total. The summed E-state index contributed by atoms with van der Waals surface area (Å²) in [6.07, 6.45) is 5.76. The summed E-state index contributed by atoms with van der Waals surface area (Å²) in [5.41, 5.74) is 4.92. The van der Waals surface area contributed by atoms with Crippen molar-refractivity contribution in [1.82, 2.24) is 9.97 Å². The molecule has 0 radical (unpaired) electrons. The number of hydrogen-bond donors (Lipinski definition) is 1. The average Bonchev–Trinajstić information content (AvgIpc) is 2.37. The Labute approximate surface area is 125 Å². The van der Waals surface area contributed by atoms with Gasteiger partial charge in [-0.05, 0) is 35.8 Å². The standard InChI is InChI=1S/C17H20N2S/c1-11(2)15-16(18-10-19-17(15)20)14-8-6-13(7-9-14)12-4-3-5-12/h6-12H,3-5H2,1-2H3,(H,18,19,20). The van der Waals surface area contributed by atoms with Crippen LogP contribution in [0.2, 0.25) is 0 Å². The maximum atomic E-state index is 5.38. The molecule has 0 amide bonds. The molecular weight excluding hydrogens is 264 g/mol. The predicted molar refractivity (Wildman–Crippen MR) is 85.5 cm³/mol. The predicted octanol–water partition coefficient (Wildman–Crippen LogP) is 5.20. The quantitative estimate of drug-likeness (QED) is 0.785. The van der Waals surface area contributed by atoms with Crippen LogP contribution in [0.25, 0.3) is 11.3 Å². The monoisotopic (exact) mass is 284 g/mol. The van der Waals surface area contributed by atoms with E-state index in [1.54, 1.807) is 6.33 Å². The van der Waals surface area contributed by atoms with Gasteiger partial charge in [-0.15, -0.1) is 0 Å². The summed E-state index contributed by atoms with van der Waals surface area (Å²) in [7, 11) is 0. The fourth-order valence-corrected chi connectivity index (χ4v) is 3.24. The van der Waals surface area contributed by atoms with Crippen LogP contribution in [0, 0.1) is 4.64 Å². The molecule has 1 fully saturated rings. The van der Waals surface area contributed by atoms with Gasteiger partial charge in [0.05, 0.1) is 12.0 Å². The first-order chi connectivity index (χ1) is 9.66. The Bertz CT molecular complexity index is 651. The minimum atomic E-state index is 0.369. The second-order valence-corrected chi connectivity index (χ2v) is 6.29. The molecule has 20 heavy (non-hydrogen) atoms. The van der Waals surface area contributed by atoms with Crippen LogP contribution in [0.3, 0.4) is 0 Å². The molecular formula is C17H20N2S. The van der Waals surface area contributed by atoms with Crippen molar-refractivity contribution < 1.29 is 0 Å². The fraction of sp³-hybridized carbons (Fsp3) is 0.412. The summed E-state index contributed by atoms with van der Waals surface area (Å²) in [5.74, 6) is 1.15. The van der Waals surface area contributed by atoms with Crippen molar-refractivity contribution >= 4 is 12.2 Å². The first-order valence-corrected chi connectivity index (χ1v) is 7.75. The van der Waals surface area contributed by atoms with E-state index in [1.807, 2.05) is 0 Å². The number of aromatic amines is 1. The van der Waals surface area contributed by atoms with E-state index >= 15 is 0 Å². The van der Waals surface area contributed by atoms with E-state index in [4.69, 9.17) is 12.2 Å². The number of hydrogen-bond acceptors (Lipinski definition) is 2. The third-order valence-electron chi connectivity index (χ3n) is 4.24. The van der Waals surface area contributed by atoms with Crippen molar-refractivity contribution in [3.05, 3.63) is 46.4 Å². The highest BCUT2D eigenvalue weighted by molar-refractivity contribution is 7.71. The second-order valence-electron chi connectivity index (χ2n) is 5.90. The Morgan fingerprint density at radius 3 is 2.45 bits per heavy atom. The van der Waals surface area contributed by atoms with Crippen LogP contribution in [0.15, 0.2) is 30.6 Å². The van der Waals surface area contributed by atoms with E-state index in [2.05, 4.69) is 48.1 Å². The van der Waals surface area contributed by atoms with Gasteiger partial charge in [-0.3, -0.25) is 0 Å². The number of benzene rings is 1. The highest BCUT2D eigenvalue weighted by atomic mass is 32.1. The van der Waals surface area contributed by atoms with Crippen molar-refractivity contribution in [2.75, 3.05) is 0 Å². The van der Waals surface area contributed by atoms with Gasteiger partial charge in [0.15, 0.2) is 0 Å². The van der Waals surface area contributed by atoms with Gasteiger partial charge in [-0.1, -0.05) is 56.8 Å². The van der Waals surface area contributed by atoms with E-state index in [0.717, 1.165) is 17.2 Å². The SMILES string of the molecule is CC(C)c1c(-c2ccc(C3CCC3)cc2)[nH]cnc1=S. The van der Waals surface area contributed by atoms with Crippen LogP contribution in [0.1, 0.15) is 56.1 Å². The number of aromatic nitrogens is 2. The summed E-state index contributed by atoms with van der Waals surface area (Å²) < 4.78 is 0.705. The highest BCUT2D eigenvalue weighted by Gasteiger charge is 2.19. The Balaban J connectivity index is 2.00. The van der Waals surface area contributed by atoms with E-state index in [0.29, 0.717) is 10.6 Å². The third kappa shape index (κ3) is 2.42. The van der Waals surface area contributed by atoms with Gasteiger partial charge >= 0.3 is 0 Å². The van der Waals surface area contributed by atoms with E-state index < -0.39 is 0 Å². The lowest BCUT2D eigenvalue weighted by molar-refractivity contribution is 0.420. The van der Waals surface area contributed by atoms with Gasteiger partial charge < -0.3 is 4.98 Å². The molecule has 0 saturated heterocycles. The highest BCUT2D eigenvalue weighted by Crippen LogP contribution is 2.37. The first-order valence-electron chi connectivity index (χ1n) is 7.34. The zero-order valence-corrected chi connectivity index (χ0v) is 12.8. The molecule has 0 unspecified atom stereocenters. The van der Waals surface area contributed by atoms with Gasteiger partial charge in [0.1, 0.15) is 4.64 Å². The number of H-pyrrole nitrogens is 1. The Kier molecular flexibility index (Phi) is 3.70. The molecule has 0 spiro atoms. The number of nitrogens with one attached hydrogen (secondary N) is 1. The van der Waals surface area contributed by atoms with Crippen LogP contribution in [0.4, 0.5) is 0 Å². The Morgan fingerprint density at radius 2 is 1.90 bits per heavy atom. The first kappa shape index (κ1) is 13.5. The minimum absolute atomic E-state index is 0.369. The molecule has 0 atom stereocenters. The smallest absolute Gasteiger partial charge is 0.133 e. The molecule has 1 heterocycles. The van der Waals surface area contributed by atoms with Gasteiger partial charge in [-0.25, -0.2) is 4.98 Å². The van der Waals surface area contributed by atoms with Crippen molar-refractivity contribution in [2.45, 2.75) is 44.9 Å². The van der Waals surface area contributed by atoms with Crippen molar-refractivity contribution in [2.24, 2.45) is 0 Å². The molecule has 2 aromatic rings. The molecule has 0 aliphatic heterocycles. The maximum Gasteiger partial charge on any atom is 0.133 e. The van der Waals surface area contributed by atoms with Crippen molar-refractivity contribution in [3.8, 4) is 11.3 Å². The molecule has 2 nitrogen and oxygen atoms in total. The van der Waals surface area contributed by atoms with E-state index in [1.165, 1.54) is 30.4 Å². The van der Waals surface area contributed by atoms with Crippen LogP contribution in [0.5, 0.6) is 0 Å². The number of rotatable bonds is 3. The largest absolute Gasteiger partial charge is 0.346 e. The van der Waals surface area contributed by atoms with Crippen LogP contribution in [-0.2, 0) is 0 Å². The van der Waals surface area contributed by atoms with E-state index in [9.17, 15) is 0 Å². The normalized spacial score (nSPS) is 15.3. The summed E-state index contributed by atoms with van der Waals surface area (Å²) in [4.78, 5) is 7.49. The third-order valence-corrected chi connectivity index (χ3v) is 4.57. The summed E-state index contributed by atoms with van der Waals surface area (Å²) in [6.45, 7) is 4.32. The molecule has 0 bridgehead atoms. The summed E-state index contributed by atoms with van der Waals surface area (Å²) in [5, 5.41) is 0. The molecule has 1 aliphatic rings. The molecule has 104 valence electrons. The molecule has 3 rings (SSSR count).